The molecule has 3 N–H and O–H groups in total. The maximum atomic E-state index is 13.2. The molecule has 1 aliphatic heterocycles. The summed E-state index contributed by atoms with van der Waals surface area (Å²) in [5.41, 5.74) is 1.51. The van der Waals surface area contributed by atoms with E-state index in [1.165, 1.54) is 11.3 Å². The second-order valence-electron chi connectivity index (χ2n) is 8.31. The fourth-order valence-corrected chi connectivity index (χ4v) is 4.49. The van der Waals surface area contributed by atoms with Gasteiger partial charge in [0.25, 0.3) is 5.91 Å². The van der Waals surface area contributed by atoms with Crippen molar-refractivity contribution in [3.05, 3.63) is 71.6 Å². The molecule has 1 aromatic carbocycles. The Morgan fingerprint density at radius 2 is 1.86 bits per heavy atom. The smallest absolute Gasteiger partial charge is 0.338 e. The largest absolute Gasteiger partial charge is 0.504 e. The lowest BCUT2D eigenvalue weighted by Crippen LogP contribution is -2.34. The quantitative estimate of drug-likeness (QED) is 0.369. The summed E-state index contributed by atoms with van der Waals surface area (Å²) < 4.78 is 16.2. The molecule has 0 saturated heterocycles. The second-order valence-corrected chi connectivity index (χ2v) is 8.31. The van der Waals surface area contributed by atoms with Gasteiger partial charge in [-0.15, -0.1) is 0 Å². The number of benzene rings is 1. The van der Waals surface area contributed by atoms with E-state index < -0.39 is 41.8 Å². The third-order valence-corrected chi connectivity index (χ3v) is 6.08. The predicted molar refractivity (Wildman–Crippen MR) is 121 cm³/mol. The van der Waals surface area contributed by atoms with Gasteiger partial charge in [-0.3, -0.25) is 4.79 Å². The molecule has 1 saturated carbocycles. The number of esters is 1. The van der Waals surface area contributed by atoms with Crippen LogP contribution in [0.25, 0.3) is 6.08 Å². The van der Waals surface area contributed by atoms with Crippen LogP contribution in [0.5, 0.6) is 17.2 Å². The number of amides is 1. The van der Waals surface area contributed by atoms with Crippen molar-refractivity contribution in [2.24, 2.45) is 11.0 Å². The Labute approximate surface area is 199 Å². The van der Waals surface area contributed by atoms with Crippen molar-refractivity contribution < 1.29 is 38.5 Å². The monoisotopic (exact) mass is 478 g/mol. The number of phenols is 3. The molecule has 1 amide bonds. The van der Waals surface area contributed by atoms with E-state index >= 15 is 0 Å². The van der Waals surface area contributed by atoms with Crippen molar-refractivity contribution in [1.29, 1.82) is 0 Å². The maximum Gasteiger partial charge on any atom is 0.338 e. The normalized spacial score (nSPS) is 20.5. The number of rotatable bonds is 5. The molecule has 3 heterocycles. The molecule has 1 aliphatic carbocycles. The van der Waals surface area contributed by atoms with Crippen molar-refractivity contribution in [3.8, 4) is 17.2 Å². The van der Waals surface area contributed by atoms with Gasteiger partial charge < -0.3 is 28.9 Å². The molecule has 0 bridgehead atoms. The lowest BCUT2D eigenvalue weighted by Gasteiger charge is -2.27. The molecular weight excluding hydrogens is 456 g/mol. The summed E-state index contributed by atoms with van der Waals surface area (Å²) >= 11 is 0. The van der Waals surface area contributed by atoms with Crippen molar-refractivity contribution >= 4 is 23.7 Å². The van der Waals surface area contributed by atoms with Gasteiger partial charge in [0.1, 0.15) is 17.6 Å². The first kappa shape index (κ1) is 22.3. The summed E-state index contributed by atoms with van der Waals surface area (Å²) in [4.78, 5) is 25.6. The van der Waals surface area contributed by atoms with Crippen molar-refractivity contribution in [2.75, 3.05) is 6.61 Å². The van der Waals surface area contributed by atoms with E-state index in [0.717, 1.165) is 42.7 Å². The summed E-state index contributed by atoms with van der Waals surface area (Å²) in [6.07, 6.45) is 7.52. The molecule has 1 fully saturated rings. The van der Waals surface area contributed by atoms with Gasteiger partial charge >= 0.3 is 5.97 Å². The maximum absolute atomic E-state index is 13.2. The Bertz CT molecular complexity index is 1280. The van der Waals surface area contributed by atoms with Gasteiger partial charge in [-0.25, -0.2) is 9.80 Å². The minimum absolute atomic E-state index is 0.0956. The van der Waals surface area contributed by atoms with E-state index in [1.807, 2.05) is 12.1 Å². The molecule has 2 aromatic heterocycles. The second kappa shape index (κ2) is 9.05. The Balaban J connectivity index is 1.39. The Morgan fingerprint density at radius 3 is 2.54 bits per heavy atom. The number of hydrogen-bond acceptors (Lipinski definition) is 9. The van der Waals surface area contributed by atoms with Crippen LogP contribution in [0.15, 0.2) is 68.4 Å². The Hall–Kier alpha value is -4.47. The van der Waals surface area contributed by atoms with Crippen LogP contribution in [0, 0.1) is 5.92 Å². The highest BCUT2D eigenvalue weighted by Gasteiger charge is 2.45. The third-order valence-electron chi connectivity index (χ3n) is 6.08. The van der Waals surface area contributed by atoms with Crippen molar-refractivity contribution in [2.45, 2.75) is 25.3 Å². The number of fused-ring (bicyclic) bond motifs is 1. The van der Waals surface area contributed by atoms with E-state index in [4.69, 9.17) is 13.6 Å². The van der Waals surface area contributed by atoms with Gasteiger partial charge in [0, 0.05) is 5.92 Å². The highest BCUT2D eigenvalue weighted by atomic mass is 16.5. The van der Waals surface area contributed by atoms with Crippen LogP contribution in [-0.4, -0.2) is 44.5 Å². The van der Waals surface area contributed by atoms with Gasteiger partial charge in [0.05, 0.1) is 23.8 Å². The molecule has 2 aliphatic rings. The lowest BCUT2D eigenvalue weighted by molar-refractivity contribution is -0.137. The number of phenolic OH excluding ortho intramolecular Hbond substituents is 3. The summed E-state index contributed by atoms with van der Waals surface area (Å²) in [6.45, 7) is -0.626. The van der Waals surface area contributed by atoms with Crippen molar-refractivity contribution in [3.63, 3.8) is 0 Å². The average Bonchev–Trinajstić information content (AvgIpc) is 3.61. The fraction of sp³-hybridized carbons (Fsp3) is 0.240. The van der Waals surface area contributed by atoms with Crippen LogP contribution in [0.2, 0.25) is 0 Å². The number of carbonyl (C=O) groups is 2. The van der Waals surface area contributed by atoms with Gasteiger partial charge in [-0.2, -0.15) is 5.10 Å². The fourth-order valence-electron chi connectivity index (χ4n) is 4.49. The number of hydrazone groups is 1. The number of hydrogen-bond donors (Lipinski definition) is 3. The first-order chi connectivity index (χ1) is 16.9. The number of carbonyl (C=O) groups excluding carboxylic acids is 2. The molecule has 180 valence electrons. The first-order valence-corrected chi connectivity index (χ1v) is 11.0. The average molecular weight is 478 g/mol. The predicted octanol–water partition coefficient (Wildman–Crippen LogP) is 3.97. The molecule has 10 nitrogen and oxygen atoms in total. The molecule has 2 unspecified atom stereocenters. The Morgan fingerprint density at radius 1 is 1.11 bits per heavy atom. The number of furan rings is 2. The molecule has 5 rings (SSSR count). The number of allylic oxidation sites excluding steroid dienone is 1. The number of ether oxygens (including phenoxy) is 1. The molecule has 0 radical (unpaired) electrons. The molecular formula is C25H22N2O8. The van der Waals surface area contributed by atoms with Crippen LogP contribution in [0.4, 0.5) is 0 Å². The summed E-state index contributed by atoms with van der Waals surface area (Å²) in [7, 11) is 0. The summed E-state index contributed by atoms with van der Waals surface area (Å²) in [6, 6.07) is 8.54. The molecule has 2 atom stereocenters. The molecule has 3 aromatic rings. The van der Waals surface area contributed by atoms with Crippen LogP contribution in [0.1, 0.15) is 47.2 Å². The number of aromatic hydroxyl groups is 3. The third kappa shape index (κ3) is 4.25. The van der Waals surface area contributed by atoms with E-state index in [0.29, 0.717) is 11.5 Å². The standard InChI is InChI=1S/C25H22N2O8/c28-18-11-15(12-19(29)24(18)31)25(32)35-13-21(30)27-23(20-7-3-9-34-20)17-6-1-4-14(22(17)26-27)10-16-5-2-8-33-16/h2-3,5,7-12,17,23,28-29,31H,1,4,6,13H2. The van der Waals surface area contributed by atoms with Crippen LogP contribution in [0.3, 0.4) is 0 Å². The zero-order valence-electron chi connectivity index (χ0n) is 18.5. The van der Waals surface area contributed by atoms with Gasteiger partial charge in [0.15, 0.2) is 23.9 Å². The summed E-state index contributed by atoms with van der Waals surface area (Å²) in [5.74, 6) is -2.49. The summed E-state index contributed by atoms with van der Waals surface area (Å²) in [5, 5.41) is 34.6. The number of nitrogens with zero attached hydrogens (tertiary/aromatic N) is 2. The van der Waals surface area contributed by atoms with Crippen LogP contribution < -0.4 is 0 Å². The lowest BCUT2D eigenvalue weighted by atomic mass is 9.79. The minimum atomic E-state index is -0.957. The van der Waals surface area contributed by atoms with Gasteiger partial charge in [-0.05, 0) is 67.3 Å². The zero-order valence-corrected chi connectivity index (χ0v) is 18.5. The minimum Gasteiger partial charge on any atom is -0.504 e. The van der Waals surface area contributed by atoms with Crippen molar-refractivity contribution in [1.82, 2.24) is 5.01 Å². The molecule has 35 heavy (non-hydrogen) atoms. The van der Waals surface area contributed by atoms with E-state index in [9.17, 15) is 24.9 Å². The van der Waals surface area contributed by atoms with Gasteiger partial charge in [0.2, 0.25) is 0 Å². The van der Waals surface area contributed by atoms with Crippen LogP contribution >= 0.6 is 0 Å². The zero-order chi connectivity index (χ0) is 24.5. The van der Waals surface area contributed by atoms with Crippen LogP contribution in [-0.2, 0) is 9.53 Å². The van der Waals surface area contributed by atoms with E-state index in [2.05, 4.69) is 5.10 Å². The molecule has 10 heteroatoms. The topological polar surface area (TPSA) is 146 Å². The van der Waals surface area contributed by atoms with Gasteiger partial charge in [-0.1, -0.05) is 0 Å². The van der Waals surface area contributed by atoms with E-state index in [1.54, 1.807) is 24.5 Å². The van der Waals surface area contributed by atoms with E-state index in [-0.39, 0.29) is 11.5 Å². The highest BCUT2D eigenvalue weighted by Crippen LogP contribution is 2.44. The molecule has 0 spiro atoms. The first-order valence-electron chi connectivity index (χ1n) is 11.0. The Kier molecular flexibility index (Phi) is 5.77. The SMILES string of the molecule is O=C(OCC(=O)N1N=C2C(=Cc3ccco3)CCCC2C1c1ccco1)c1cc(O)c(O)c(O)c1. The highest BCUT2D eigenvalue weighted by molar-refractivity contribution is 6.08.